The number of aromatic nitrogens is 1. The minimum absolute atomic E-state index is 0.0811. The largest absolute Gasteiger partial charge is 0.481 e. The molecule has 1 heterocycles. The van der Waals surface area contributed by atoms with Crippen LogP contribution < -0.4 is 0 Å². The van der Waals surface area contributed by atoms with Crippen LogP contribution in [0.4, 0.5) is 13.2 Å². The summed E-state index contributed by atoms with van der Waals surface area (Å²) in [6.07, 6.45) is -3.20. The van der Waals surface area contributed by atoms with Crippen LogP contribution in [0.1, 0.15) is 25.0 Å². The van der Waals surface area contributed by atoms with Crippen LogP contribution in [0.5, 0.6) is 0 Å². The monoisotopic (exact) mass is 271 g/mol. The Labute approximate surface area is 107 Å². The van der Waals surface area contributed by atoms with E-state index in [2.05, 4.69) is 4.98 Å². The first-order valence-electron chi connectivity index (χ1n) is 5.57. The number of benzene rings is 1. The highest BCUT2D eigenvalue weighted by Crippen LogP contribution is 2.39. The van der Waals surface area contributed by atoms with E-state index in [9.17, 15) is 23.1 Å². The van der Waals surface area contributed by atoms with E-state index in [0.29, 0.717) is 0 Å². The zero-order valence-electron chi connectivity index (χ0n) is 10.3. The molecular weight excluding hydrogens is 259 g/mol. The van der Waals surface area contributed by atoms with Gasteiger partial charge in [0.2, 0.25) is 0 Å². The first-order valence-corrected chi connectivity index (χ1v) is 5.57. The number of carbonyl (C=O) groups is 1. The standard InChI is InChI=1S/C13H12F3NO2/c1-12(2,11(18)19)8-6-17-9-5-3-4-7(10(8)9)13(14,15)16/h3-6,17H,1-2H3,(H,18,19). The van der Waals surface area contributed by atoms with Gasteiger partial charge in [-0.2, -0.15) is 13.2 Å². The van der Waals surface area contributed by atoms with Gasteiger partial charge in [0.05, 0.1) is 11.0 Å². The van der Waals surface area contributed by atoms with Gasteiger partial charge in [-0.05, 0) is 31.5 Å². The third kappa shape index (κ3) is 2.07. The maximum atomic E-state index is 13.0. The molecule has 0 saturated heterocycles. The first-order chi connectivity index (χ1) is 8.65. The summed E-state index contributed by atoms with van der Waals surface area (Å²) in [4.78, 5) is 13.9. The van der Waals surface area contributed by atoms with E-state index < -0.39 is 23.1 Å². The van der Waals surface area contributed by atoms with Crippen molar-refractivity contribution in [2.24, 2.45) is 0 Å². The number of carboxylic acid groups (broad SMARTS) is 1. The van der Waals surface area contributed by atoms with Gasteiger partial charge in [-0.15, -0.1) is 0 Å². The lowest BCUT2D eigenvalue weighted by Gasteiger charge is -2.20. The Morgan fingerprint density at radius 1 is 1.21 bits per heavy atom. The quantitative estimate of drug-likeness (QED) is 0.877. The Kier molecular flexibility index (Phi) is 2.84. The van der Waals surface area contributed by atoms with E-state index in [4.69, 9.17) is 0 Å². The van der Waals surface area contributed by atoms with E-state index in [-0.39, 0.29) is 16.5 Å². The molecule has 0 atom stereocenters. The molecule has 0 saturated carbocycles. The SMILES string of the molecule is CC(C)(C(=O)O)c1c[nH]c2cccc(C(F)(F)F)c12. The zero-order valence-corrected chi connectivity index (χ0v) is 10.3. The Balaban J connectivity index is 2.82. The molecule has 1 aromatic carbocycles. The van der Waals surface area contributed by atoms with Crippen LogP contribution in [0.3, 0.4) is 0 Å². The summed E-state index contributed by atoms with van der Waals surface area (Å²) >= 11 is 0. The van der Waals surface area contributed by atoms with Gasteiger partial charge in [-0.25, -0.2) is 0 Å². The van der Waals surface area contributed by atoms with E-state index in [0.717, 1.165) is 6.07 Å². The Hall–Kier alpha value is -1.98. The highest BCUT2D eigenvalue weighted by atomic mass is 19.4. The fourth-order valence-electron chi connectivity index (χ4n) is 2.03. The fourth-order valence-corrected chi connectivity index (χ4v) is 2.03. The van der Waals surface area contributed by atoms with Gasteiger partial charge in [0.1, 0.15) is 0 Å². The lowest BCUT2D eigenvalue weighted by molar-refractivity contribution is -0.142. The molecule has 6 heteroatoms. The molecule has 0 spiro atoms. The maximum absolute atomic E-state index is 13.0. The van der Waals surface area contributed by atoms with Gasteiger partial charge in [0.25, 0.3) is 0 Å². The number of halogens is 3. The van der Waals surface area contributed by atoms with Crippen LogP contribution in [0.2, 0.25) is 0 Å². The van der Waals surface area contributed by atoms with Crippen LogP contribution in [-0.4, -0.2) is 16.1 Å². The smallest absolute Gasteiger partial charge is 0.417 e. The predicted octanol–water partition coefficient (Wildman–Crippen LogP) is 3.55. The van der Waals surface area contributed by atoms with Gasteiger partial charge in [0, 0.05) is 17.1 Å². The summed E-state index contributed by atoms with van der Waals surface area (Å²) in [5.41, 5.74) is -1.82. The van der Waals surface area contributed by atoms with Crippen molar-refractivity contribution in [2.75, 3.05) is 0 Å². The summed E-state index contributed by atoms with van der Waals surface area (Å²) in [5.74, 6) is -1.18. The van der Waals surface area contributed by atoms with Crippen molar-refractivity contribution in [1.29, 1.82) is 0 Å². The number of hydrogen-bond acceptors (Lipinski definition) is 1. The highest BCUT2D eigenvalue weighted by Gasteiger charge is 2.38. The van der Waals surface area contributed by atoms with Crippen LogP contribution in [0.15, 0.2) is 24.4 Å². The molecule has 0 aliphatic rings. The molecule has 3 nitrogen and oxygen atoms in total. The third-order valence-corrected chi connectivity index (χ3v) is 3.22. The van der Waals surface area contributed by atoms with Crippen LogP contribution in [-0.2, 0) is 16.4 Å². The molecule has 0 amide bonds. The van der Waals surface area contributed by atoms with Crippen LogP contribution in [0.25, 0.3) is 10.9 Å². The van der Waals surface area contributed by atoms with E-state index in [1.165, 1.54) is 32.2 Å². The number of aromatic amines is 1. The lowest BCUT2D eigenvalue weighted by atomic mass is 9.83. The number of hydrogen-bond donors (Lipinski definition) is 2. The van der Waals surface area contributed by atoms with Gasteiger partial charge in [0.15, 0.2) is 0 Å². The minimum atomic E-state index is -4.52. The molecule has 102 valence electrons. The lowest BCUT2D eigenvalue weighted by Crippen LogP contribution is -2.28. The molecule has 0 aliphatic carbocycles. The van der Waals surface area contributed by atoms with Crippen molar-refractivity contribution in [2.45, 2.75) is 25.4 Å². The molecule has 1 aromatic heterocycles. The highest BCUT2D eigenvalue weighted by molar-refractivity contribution is 5.93. The molecule has 0 bridgehead atoms. The molecular formula is C13H12F3NO2. The number of fused-ring (bicyclic) bond motifs is 1. The van der Waals surface area contributed by atoms with Gasteiger partial charge < -0.3 is 10.1 Å². The zero-order chi connectivity index (χ0) is 14.4. The van der Waals surface area contributed by atoms with E-state index >= 15 is 0 Å². The van der Waals surface area contributed by atoms with Gasteiger partial charge in [-0.1, -0.05) is 6.07 Å². The van der Waals surface area contributed by atoms with Gasteiger partial charge >= 0.3 is 12.1 Å². The summed E-state index contributed by atoms with van der Waals surface area (Å²) in [6.45, 7) is 2.76. The Bertz CT molecular complexity index is 641. The van der Waals surface area contributed by atoms with E-state index in [1.807, 2.05) is 0 Å². The van der Waals surface area contributed by atoms with Crippen molar-refractivity contribution >= 4 is 16.9 Å². The summed E-state index contributed by atoms with van der Waals surface area (Å²) in [5, 5.41) is 9.09. The Morgan fingerprint density at radius 2 is 1.84 bits per heavy atom. The second kappa shape index (κ2) is 4.01. The molecule has 19 heavy (non-hydrogen) atoms. The van der Waals surface area contributed by atoms with Gasteiger partial charge in [-0.3, -0.25) is 4.79 Å². The topological polar surface area (TPSA) is 53.1 Å². The summed E-state index contributed by atoms with van der Waals surface area (Å²) in [7, 11) is 0. The normalized spacial score (nSPS) is 12.9. The van der Waals surface area contributed by atoms with Crippen LogP contribution in [0, 0.1) is 0 Å². The average molecular weight is 271 g/mol. The number of carboxylic acids is 1. The number of aliphatic carboxylic acids is 1. The number of H-pyrrole nitrogens is 1. The van der Waals surface area contributed by atoms with Crippen molar-refractivity contribution in [3.05, 3.63) is 35.5 Å². The van der Waals surface area contributed by atoms with Crippen LogP contribution >= 0.6 is 0 Å². The second-order valence-corrected chi connectivity index (χ2v) is 4.86. The summed E-state index contributed by atoms with van der Waals surface area (Å²) < 4.78 is 39.0. The molecule has 2 N–H and O–H groups in total. The number of nitrogens with one attached hydrogen (secondary N) is 1. The molecule has 0 unspecified atom stereocenters. The average Bonchev–Trinajstić information content (AvgIpc) is 2.70. The minimum Gasteiger partial charge on any atom is -0.481 e. The summed E-state index contributed by atoms with van der Waals surface area (Å²) in [6, 6.07) is 3.74. The Morgan fingerprint density at radius 3 is 2.37 bits per heavy atom. The molecule has 0 fully saturated rings. The molecule has 2 aromatic rings. The molecule has 0 radical (unpaired) electrons. The van der Waals surface area contributed by atoms with E-state index in [1.54, 1.807) is 0 Å². The van der Waals surface area contributed by atoms with Crippen molar-refractivity contribution in [3.63, 3.8) is 0 Å². The molecule has 0 aliphatic heterocycles. The molecule has 2 rings (SSSR count). The third-order valence-electron chi connectivity index (χ3n) is 3.22. The fraction of sp³-hybridized carbons (Fsp3) is 0.308. The van der Waals surface area contributed by atoms with Crippen molar-refractivity contribution < 1.29 is 23.1 Å². The van der Waals surface area contributed by atoms with Crippen molar-refractivity contribution in [3.8, 4) is 0 Å². The maximum Gasteiger partial charge on any atom is 0.417 e. The number of rotatable bonds is 2. The second-order valence-electron chi connectivity index (χ2n) is 4.86. The van der Waals surface area contributed by atoms with Crippen molar-refractivity contribution in [1.82, 2.24) is 4.98 Å². The number of alkyl halides is 3. The predicted molar refractivity (Wildman–Crippen MR) is 64.0 cm³/mol. The first kappa shape index (κ1) is 13.5.